The van der Waals surface area contributed by atoms with Gasteiger partial charge < -0.3 is 5.32 Å². The van der Waals surface area contributed by atoms with E-state index in [4.69, 9.17) is 0 Å². The second kappa shape index (κ2) is 6.12. The predicted molar refractivity (Wildman–Crippen MR) is 89.5 cm³/mol. The van der Waals surface area contributed by atoms with Gasteiger partial charge in [-0.3, -0.25) is 14.3 Å². The number of aromatic nitrogens is 2. The smallest absolute Gasteiger partial charge is 0.276 e. The van der Waals surface area contributed by atoms with Crippen LogP contribution in [0.15, 0.2) is 23.0 Å². The lowest BCUT2D eigenvalue weighted by Gasteiger charge is -2.22. The number of carbonyl (C=O) groups excluding carboxylic acids is 1. The van der Waals surface area contributed by atoms with Crippen molar-refractivity contribution >= 4 is 28.6 Å². The standard InChI is InChI=1S/C16H19N3O2S/c1-10-3-4-13-12(9-10)15(20)14(18-19(13)2)16(21)17-11-5-7-22-8-6-11/h3-4,9,11H,5-8H2,1-2H3,(H,17,21). The molecule has 0 aliphatic carbocycles. The van der Waals surface area contributed by atoms with E-state index in [0.29, 0.717) is 5.39 Å². The van der Waals surface area contributed by atoms with Crippen molar-refractivity contribution in [3.05, 3.63) is 39.7 Å². The Morgan fingerprint density at radius 3 is 2.82 bits per heavy atom. The minimum Gasteiger partial charge on any atom is -0.348 e. The summed E-state index contributed by atoms with van der Waals surface area (Å²) in [6.45, 7) is 1.93. The summed E-state index contributed by atoms with van der Waals surface area (Å²) in [6.07, 6.45) is 1.90. The zero-order chi connectivity index (χ0) is 15.7. The van der Waals surface area contributed by atoms with Crippen LogP contribution in [0.25, 0.3) is 10.9 Å². The van der Waals surface area contributed by atoms with Gasteiger partial charge in [0.05, 0.1) is 10.9 Å². The van der Waals surface area contributed by atoms with E-state index >= 15 is 0 Å². The normalized spacial score (nSPS) is 15.9. The number of fused-ring (bicyclic) bond motifs is 1. The Bertz CT molecular complexity index is 779. The molecule has 1 aliphatic heterocycles. The lowest BCUT2D eigenvalue weighted by Crippen LogP contribution is -2.40. The fourth-order valence-corrected chi connectivity index (χ4v) is 3.84. The van der Waals surface area contributed by atoms with Crippen LogP contribution < -0.4 is 10.7 Å². The highest BCUT2D eigenvalue weighted by atomic mass is 32.2. The van der Waals surface area contributed by atoms with Gasteiger partial charge in [0, 0.05) is 13.1 Å². The van der Waals surface area contributed by atoms with Gasteiger partial charge in [0.1, 0.15) is 0 Å². The molecule has 0 saturated carbocycles. The van der Waals surface area contributed by atoms with Crippen molar-refractivity contribution in [2.24, 2.45) is 7.05 Å². The van der Waals surface area contributed by atoms with E-state index in [9.17, 15) is 9.59 Å². The van der Waals surface area contributed by atoms with Crippen LogP contribution in [0.1, 0.15) is 28.9 Å². The molecule has 5 nitrogen and oxygen atoms in total. The molecule has 2 aromatic rings. The Morgan fingerprint density at radius 2 is 2.09 bits per heavy atom. The molecule has 1 amide bonds. The zero-order valence-corrected chi connectivity index (χ0v) is 13.6. The van der Waals surface area contributed by atoms with Gasteiger partial charge in [-0.05, 0) is 43.4 Å². The third-order valence-electron chi connectivity index (χ3n) is 3.98. The molecule has 0 unspecified atom stereocenters. The van der Waals surface area contributed by atoms with Gasteiger partial charge in [-0.2, -0.15) is 16.9 Å². The molecule has 0 spiro atoms. The second-order valence-corrected chi connectivity index (χ2v) is 6.91. The Labute approximate surface area is 133 Å². The maximum absolute atomic E-state index is 12.6. The molecule has 2 heterocycles. The molecule has 6 heteroatoms. The van der Waals surface area contributed by atoms with Crippen LogP contribution >= 0.6 is 11.8 Å². The minimum absolute atomic E-state index is 0.0150. The number of benzene rings is 1. The molecule has 0 radical (unpaired) electrons. The predicted octanol–water partition coefficient (Wildman–Crippen LogP) is 1.87. The van der Waals surface area contributed by atoms with Gasteiger partial charge in [0.25, 0.3) is 5.91 Å². The van der Waals surface area contributed by atoms with Crippen LogP contribution in [0.3, 0.4) is 0 Å². The first-order valence-electron chi connectivity index (χ1n) is 7.42. The number of nitrogens with one attached hydrogen (secondary N) is 1. The van der Waals surface area contributed by atoms with Crippen molar-refractivity contribution in [3.8, 4) is 0 Å². The summed E-state index contributed by atoms with van der Waals surface area (Å²) in [5.41, 5.74) is 1.42. The minimum atomic E-state index is -0.360. The molecule has 3 rings (SSSR count). The molecule has 22 heavy (non-hydrogen) atoms. The summed E-state index contributed by atoms with van der Waals surface area (Å²) in [4.78, 5) is 25.0. The summed E-state index contributed by atoms with van der Waals surface area (Å²) >= 11 is 1.90. The van der Waals surface area contributed by atoms with Gasteiger partial charge >= 0.3 is 0 Å². The highest BCUT2D eigenvalue weighted by Crippen LogP contribution is 2.17. The number of hydrogen-bond donors (Lipinski definition) is 1. The van der Waals surface area contributed by atoms with Crippen LogP contribution in [0, 0.1) is 6.92 Å². The van der Waals surface area contributed by atoms with Gasteiger partial charge in [-0.15, -0.1) is 0 Å². The summed E-state index contributed by atoms with van der Waals surface area (Å²) in [5.74, 6) is 1.74. The molecule has 1 saturated heterocycles. The number of hydrogen-bond acceptors (Lipinski definition) is 4. The second-order valence-electron chi connectivity index (χ2n) is 5.68. The summed E-state index contributed by atoms with van der Waals surface area (Å²) in [5, 5.41) is 7.68. The Morgan fingerprint density at radius 1 is 1.36 bits per heavy atom. The molecule has 0 bridgehead atoms. The van der Waals surface area contributed by atoms with Gasteiger partial charge in [0.15, 0.2) is 5.69 Å². The monoisotopic (exact) mass is 317 g/mol. The quantitative estimate of drug-likeness (QED) is 0.918. The maximum atomic E-state index is 12.6. The zero-order valence-electron chi connectivity index (χ0n) is 12.8. The van der Waals surface area contributed by atoms with Crippen LogP contribution in [0.4, 0.5) is 0 Å². The maximum Gasteiger partial charge on any atom is 0.276 e. The van der Waals surface area contributed by atoms with E-state index in [1.807, 2.05) is 36.9 Å². The fraction of sp³-hybridized carbons (Fsp3) is 0.438. The molecule has 0 atom stereocenters. The van der Waals surface area contributed by atoms with Crippen molar-refractivity contribution in [3.63, 3.8) is 0 Å². The molecular formula is C16H19N3O2S. The number of nitrogens with zero attached hydrogens (tertiary/aromatic N) is 2. The Balaban J connectivity index is 1.97. The van der Waals surface area contributed by atoms with Crippen LogP contribution in [0.5, 0.6) is 0 Å². The van der Waals surface area contributed by atoms with E-state index in [1.165, 1.54) is 0 Å². The SMILES string of the molecule is Cc1ccc2c(c1)c(=O)c(C(=O)NC1CCSCC1)nn2C. The molecule has 1 N–H and O–H groups in total. The molecular weight excluding hydrogens is 298 g/mol. The molecule has 116 valence electrons. The summed E-state index contributed by atoms with van der Waals surface area (Å²) < 4.78 is 1.60. The van der Waals surface area contributed by atoms with Crippen LogP contribution in [-0.4, -0.2) is 33.2 Å². The van der Waals surface area contributed by atoms with Crippen molar-refractivity contribution in [1.82, 2.24) is 15.1 Å². The third-order valence-corrected chi connectivity index (χ3v) is 5.03. The first-order valence-corrected chi connectivity index (χ1v) is 8.58. The van der Waals surface area contributed by atoms with Crippen LogP contribution in [-0.2, 0) is 7.05 Å². The van der Waals surface area contributed by atoms with Gasteiger partial charge in [-0.25, -0.2) is 0 Å². The number of rotatable bonds is 2. The van der Waals surface area contributed by atoms with E-state index in [2.05, 4.69) is 10.4 Å². The average molecular weight is 317 g/mol. The molecule has 1 aromatic carbocycles. The number of aryl methyl sites for hydroxylation is 2. The number of thioether (sulfide) groups is 1. The fourth-order valence-electron chi connectivity index (χ4n) is 2.73. The number of amides is 1. The highest BCUT2D eigenvalue weighted by Gasteiger charge is 2.21. The average Bonchev–Trinajstić information content (AvgIpc) is 2.51. The summed E-state index contributed by atoms with van der Waals surface area (Å²) in [6, 6.07) is 5.75. The number of carbonyl (C=O) groups is 1. The molecule has 1 aliphatic rings. The lowest BCUT2D eigenvalue weighted by atomic mass is 10.1. The van der Waals surface area contributed by atoms with Gasteiger partial charge in [-0.1, -0.05) is 11.6 Å². The van der Waals surface area contributed by atoms with E-state index in [1.54, 1.807) is 11.7 Å². The topological polar surface area (TPSA) is 64.0 Å². The van der Waals surface area contributed by atoms with E-state index < -0.39 is 0 Å². The van der Waals surface area contributed by atoms with Crippen molar-refractivity contribution in [2.75, 3.05) is 11.5 Å². The van der Waals surface area contributed by atoms with Crippen molar-refractivity contribution in [2.45, 2.75) is 25.8 Å². The lowest BCUT2D eigenvalue weighted by molar-refractivity contribution is 0.0927. The first kappa shape index (κ1) is 15.1. The van der Waals surface area contributed by atoms with E-state index in [0.717, 1.165) is 35.4 Å². The van der Waals surface area contributed by atoms with Crippen LogP contribution in [0.2, 0.25) is 0 Å². The van der Waals surface area contributed by atoms with Gasteiger partial charge in [0.2, 0.25) is 5.43 Å². The van der Waals surface area contributed by atoms with E-state index in [-0.39, 0.29) is 23.1 Å². The third kappa shape index (κ3) is 2.88. The van der Waals surface area contributed by atoms with Crippen molar-refractivity contribution in [1.29, 1.82) is 0 Å². The molecule has 1 aromatic heterocycles. The first-order chi connectivity index (χ1) is 10.6. The highest BCUT2D eigenvalue weighted by molar-refractivity contribution is 7.99. The largest absolute Gasteiger partial charge is 0.348 e. The summed E-state index contributed by atoms with van der Waals surface area (Å²) in [7, 11) is 1.76. The molecule has 1 fully saturated rings. The van der Waals surface area contributed by atoms with Crippen molar-refractivity contribution < 1.29 is 4.79 Å². The Kier molecular flexibility index (Phi) is 4.20. The Hall–Kier alpha value is -1.82.